The molecule has 0 atom stereocenters. The van der Waals surface area contributed by atoms with E-state index in [4.69, 9.17) is 5.73 Å². The van der Waals surface area contributed by atoms with Gasteiger partial charge >= 0.3 is 6.03 Å². The van der Waals surface area contributed by atoms with Gasteiger partial charge in [-0.25, -0.2) is 4.79 Å². The van der Waals surface area contributed by atoms with Crippen LogP contribution in [0.5, 0.6) is 0 Å². The Balaban J connectivity index is 2.72. The maximum absolute atomic E-state index is 12.0. The standard InChI is InChI=1S/C13H19N3O2/c1-9(2)8-16(3)12(17)10-4-6-11(7-5-10)15-13(14)18/h4-7,9H,8H2,1-3H3,(H3,14,15,18). The lowest BCUT2D eigenvalue weighted by Gasteiger charge is -2.19. The highest BCUT2D eigenvalue weighted by Crippen LogP contribution is 2.11. The monoisotopic (exact) mass is 249 g/mol. The summed E-state index contributed by atoms with van der Waals surface area (Å²) in [7, 11) is 1.78. The van der Waals surface area contributed by atoms with Gasteiger partial charge in [0.15, 0.2) is 0 Å². The second-order valence-corrected chi connectivity index (χ2v) is 4.65. The molecule has 0 aliphatic rings. The van der Waals surface area contributed by atoms with Gasteiger partial charge in [0.2, 0.25) is 0 Å². The van der Waals surface area contributed by atoms with Crippen molar-refractivity contribution in [3.63, 3.8) is 0 Å². The molecule has 5 heteroatoms. The molecule has 0 heterocycles. The summed E-state index contributed by atoms with van der Waals surface area (Å²) in [6, 6.07) is 6.03. The van der Waals surface area contributed by atoms with Crippen molar-refractivity contribution >= 4 is 17.6 Å². The molecule has 0 aliphatic carbocycles. The van der Waals surface area contributed by atoms with Crippen LogP contribution in [0, 0.1) is 5.92 Å². The number of hydrogen-bond acceptors (Lipinski definition) is 2. The number of urea groups is 1. The Morgan fingerprint density at radius 2 is 1.83 bits per heavy atom. The molecule has 5 nitrogen and oxygen atoms in total. The van der Waals surface area contributed by atoms with E-state index in [1.807, 2.05) is 0 Å². The van der Waals surface area contributed by atoms with E-state index in [1.54, 1.807) is 36.2 Å². The Hall–Kier alpha value is -2.04. The van der Waals surface area contributed by atoms with Gasteiger partial charge in [0.05, 0.1) is 0 Å². The first-order valence-corrected chi connectivity index (χ1v) is 5.82. The van der Waals surface area contributed by atoms with E-state index in [1.165, 1.54) is 0 Å². The highest BCUT2D eigenvalue weighted by atomic mass is 16.2. The van der Waals surface area contributed by atoms with Gasteiger partial charge in [0, 0.05) is 24.8 Å². The van der Waals surface area contributed by atoms with Gasteiger partial charge in [-0.15, -0.1) is 0 Å². The van der Waals surface area contributed by atoms with Crippen molar-refractivity contribution in [2.45, 2.75) is 13.8 Å². The highest BCUT2D eigenvalue weighted by Gasteiger charge is 2.12. The van der Waals surface area contributed by atoms with E-state index in [9.17, 15) is 9.59 Å². The predicted octanol–water partition coefficient (Wildman–Crippen LogP) is 1.91. The molecule has 0 saturated heterocycles. The van der Waals surface area contributed by atoms with Crippen LogP contribution in [0.15, 0.2) is 24.3 Å². The molecule has 98 valence electrons. The average molecular weight is 249 g/mol. The first-order chi connectivity index (χ1) is 8.40. The lowest BCUT2D eigenvalue weighted by Crippen LogP contribution is -2.30. The van der Waals surface area contributed by atoms with Crippen molar-refractivity contribution in [1.82, 2.24) is 4.90 Å². The summed E-state index contributed by atoms with van der Waals surface area (Å²) in [6.45, 7) is 4.83. The molecule has 3 N–H and O–H groups in total. The minimum absolute atomic E-state index is 0.0330. The molecule has 0 saturated carbocycles. The maximum Gasteiger partial charge on any atom is 0.316 e. The average Bonchev–Trinajstić information content (AvgIpc) is 2.27. The summed E-state index contributed by atoms with van der Waals surface area (Å²) < 4.78 is 0. The smallest absolute Gasteiger partial charge is 0.316 e. The van der Waals surface area contributed by atoms with Crippen LogP contribution in [0.2, 0.25) is 0 Å². The molecular formula is C13H19N3O2. The van der Waals surface area contributed by atoms with Crippen molar-refractivity contribution < 1.29 is 9.59 Å². The van der Waals surface area contributed by atoms with Gasteiger partial charge in [0.1, 0.15) is 0 Å². The summed E-state index contributed by atoms with van der Waals surface area (Å²) in [5.74, 6) is 0.393. The van der Waals surface area contributed by atoms with E-state index in [-0.39, 0.29) is 5.91 Å². The second-order valence-electron chi connectivity index (χ2n) is 4.65. The molecule has 18 heavy (non-hydrogen) atoms. The minimum atomic E-state index is -0.619. The predicted molar refractivity (Wildman–Crippen MR) is 71.4 cm³/mol. The molecule has 0 spiro atoms. The van der Waals surface area contributed by atoms with Crippen molar-refractivity contribution in [1.29, 1.82) is 0 Å². The largest absolute Gasteiger partial charge is 0.351 e. The van der Waals surface area contributed by atoms with E-state index in [0.717, 1.165) is 0 Å². The molecule has 3 amide bonds. The fourth-order valence-corrected chi connectivity index (χ4v) is 1.69. The number of primary amides is 1. The van der Waals surface area contributed by atoms with Crippen LogP contribution in [0.1, 0.15) is 24.2 Å². The molecule has 0 fully saturated rings. The topological polar surface area (TPSA) is 75.4 Å². The Morgan fingerprint density at radius 3 is 2.28 bits per heavy atom. The number of nitrogens with zero attached hydrogens (tertiary/aromatic N) is 1. The van der Waals surface area contributed by atoms with Crippen LogP contribution in [0.3, 0.4) is 0 Å². The van der Waals surface area contributed by atoms with Crippen LogP contribution in [0.25, 0.3) is 0 Å². The molecule has 0 radical (unpaired) electrons. The SMILES string of the molecule is CC(C)CN(C)C(=O)c1ccc(NC(N)=O)cc1. The van der Waals surface area contributed by atoms with Crippen LogP contribution in [-0.4, -0.2) is 30.4 Å². The lowest BCUT2D eigenvalue weighted by molar-refractivity contribution is 0.0779. The van der Waals surface area contributed by atoms with Crippen LogP contribution >= 0.6 is 0 Å². The molecule has 0 aliphatic heterocycles. The van der Waals surface area contributed by atoms with Gasteiger partial charge in [-0.3, -0.25) is 4.79 Å². The zero-order valence-corrected chi connectivity index (χ0v) is 10.9. The molecule has 0 bridgehead atoms. The van der Waals surface area contributed by atoms with Crippen LogP contribution in [0.4, 0.5) is 10.5 Å². The lowest BCUT2D eigenvalue weighted by atomic mass is 10.1. The number of carbonyl (C=O) groups excluding carboxylic acids is 2. The third-order valence-electron chi connectivity index (χ3n) is 2.39. The summed E-state index contributed by atoms with van der Waals surface area (Å²) in [6.07, 6.45) is 0. The van der Waals surface area contributed by atoms with Crippen molar-refractivity contribution in [3.8, 4) is 0 Å². The summed E-state index contributed by atoms with van der Waals surface area (Å²) >= 11 is 0. The molecule has 0 aromatic heterocycles. The molecule has 1 aromatic carbocycles. The summed E-state index contributed by atoms with van der Waals surface area (Å²) in [4.78, 5) is 24.4. The van der Waals surface area contributed by atoms with Gasteiger partial charge in [0.25, 0.3) is 5.91 Å². The van der Waals surface area contributed by atoms with Crippen LogP contribution < -0.4 is 11.1 Å². The van der Waals surface area contributed by atoms with Crippen molar-refractivity contribution in [2.24, 2.45) is 11.7 Å². The van der Waals surface area contributed by atoms with Gasteiger partial charge in [-0.05, 0) is 30.2 Å². The van der Waals surface area contributed by atoms with E-state index >= 15 is 0 Å². The van der Waals surface area contributed by atoms with Gasteiger partial charge in [-0.2, -0.15) is 0 Å². The number of rotatable bonds is 4. The van der Waals surface area contributed by atoms with Gasteiger partial charge in [-0.1, -0.05) is 13.8 Å². The first kappa shape index (κ1) is 14.0. The fraction of sp³-hybridized carbons (Fsp3) is 0.385. The zero-order chi connectivity index (χ0) is 13.7. The zero-order valence-electron chi connectivity index (χ0n) is 10.9. The summed E-state index contributed by atoms with van der Waals surface area (Å²) in [5.41, 5.74) is 6.17. The van der Waals surface area contributed by atoms with E-state index in [0.29, 0.717) is 23.7 Å². The van der Waals surface area contributed by atoms with Crippen LogP contribution in [-0.2, 0) is 0 Å². The van der Waals surface area contributed by atoms with E-state index in [2.05, 4.69) is 19.2 Å². The first-order valence-electron chi connectivity index (χ1n) is 5.82. The summed E-state index contributed by atoms with van der Waals surface area (Å²) in [5, 5.41) is 2.45. The number of anilines is 1. The number of nitrogens with two attached hydrogens (primary N) is 1. The third kappa shape index (κ3) is 4.08. The molecular weight excluding hydrogens is 230 g/mol. The van der Waals surface area contributed by atoms with Crippen molar-refractivity contribution in [3.05, 3.63) is 29.8 Å². The molecule has 1 aromatic rings. The number of hydrogen-bond donors (Lipinski definition) is 2. The number of amides is 3. The Labute approximate surface area is 107 Å². The Kier molecular flexibility index (Phi) is 4.71. The maximum atomic E-state index is 12.0. The number of benzene rings is 1. The minimum Gasteiger partial charge on any atom is -0.351 e. The molecule has 0 unspecified atom stereocenters. The number of carbonyl (C=O) groups is 2. The molecule has 1 rings (SSSR count). The normalized spacial score (nSPS) is 10.2. The van der Waals surface area contributed by atoms with E-state index < -0.39 is 6.03 Å². The van der Waals surface area contributed by atoms with Crippen molar-refractivity contribution in [2.75, 3.05) is 18.9 Å². The second kappa shape index (κ2) is 6.05. The Bertz CT molecular complexity index is 426. The third-order valence-corrected chi connectivity index (χ3v) is 2.39. The Morgan fingerprint density at radius 1 is 1.28 bits per heavy atom. The highest BCUT2D eigenvalue weighted by molar-refractivity contribution is 5.95. The van der Waals surface area contributed by atoms with Gasteiger partial charge < -0.3 is 16.0 Å². The quantitative estimate of drug-likeness (QED) is 0.855. The number of nitrogens with one attached hydrogen (secondary N) is 1. The fourth-order valence-electron chi connectivity index (χ4n) is 1.69.